The lowest BCUT2D eigenvalue weighted by Crippen LogP contribution is -2.24. The number of ether oxygens (including phenoxy) is 1. The van der Waals surface area contributed by atoms with Crippen LogP contribution in [0, 0.1) is 0 Å². The summed E-state index contributed by atoms with van der Waals surface area (Å²) in [5.74, 6) is 1.35. The van der Waals surface area contributed by atoms with Gasteiger partial charge in [-0.15, -0.1) is 0 Å². The van der Waals surface area contributed by atoms with Crippen molar-refractivity contribution in [3.05, 3.63) is 41.7 Å². The molecule has 2 aromatic rings. The molecule has 2 N–H and O–H groups in total. The van der Waals surface area contributed by atoms with Gasteiger partial charge in [0, 0.05) is 18.3 Å². The van der Waals surface area contributed by atoms with Crippen molar-refractivity contribution in [1.29, 1.82) is 0 Å². The first-order valence-corrected chi connectivity index (χ1v) is 7.29. The van der Waals surface area contributed by atoms with Crippen molar-refractivity contribution >= 4 is 11.5 Å². The maximum atomic E-state index is 5.60. The molecule has 1 aliphatic rings. The molecule has 0 saturated carbocycles. The minimum Gasteiger partial charge on any atom is -0.475 e. The Hall–Kier alpha value is -2.14. The van der Waals surface area contributed by atoms with Crippen molar-refractivity contribution in [2.45, 2.75) is 32.9 Å². The van der Waals surface area contributed by atoms with Gasteiger partial charge in [-0.2, -0.15) is 0 Å². The lowest BCUT2D eigenvalue weighted by Gasteiger charge is -2.20. The van der Waals surface area contributed by atoms with Gasteiger partial charge < -0.3 is 15.4 Å². The molecule has 0 unspecified atom stereocenters. The molecule has 0 aliphatic carbocycles. The van der Waals surface area contributed by atoms with Gasteiger partial charge in [0.25, 0.3) is 0 Å². The Labute approximate surface area is 124 Å². The molecule has 3 rings (SSSR count). The first kappa shape index (κ1) is 13.8. The minimum absolute atomic E-state index is 0.100. The highest BCUT2D eigenvalue weighted by molar-refractivity contribution is 5.63. The number of hydrogen-bond donors (Lipinski definition) is 2. The Morgan fingerprint density at radius 3 is 3.05 bits per heavy atom. The molecule has 0 saturated heterocycles. The van der Waals surface area contributed by atoms with E-state index in [4.69, 9.17) is 4.74 Å². The molecular formula is C16H20N4O. The number of anilines is 2. The van der Waals surface area contributed by atoms with Gasteiger partial charge in [-0.1, -0.05) is 12.1 Å². The van der Waals surface area contributed by atoms with E-state index in [0.717, 1.165) is 31.0 Å². The Bertz CT molecular complexity index is 627. The van der Waals surface area contributed by atoms with Crippen LogP contribution in [0.25, 0.3) is 0 Å². The quantitative estimate of drug-likeness (QED) is 0.904. The van der Waals surface area contributed by atoms with Crippen molar-refractivity contribution in [2.75, 3.05) is 11.9 Å². The van der Waals surface area contributed by atoms with Gasteiger partial charge in [-0.05, 0) is 44.0 Å². The van der Waals surface area contributed by atoms with Gasteiger partial charge in [-0.3, -0.25) is 0 Å². The second-order valence-corrected chi connectivity index (χ2v) is 5.40. The number of fused-ring (bicyclic) bond motifs is 1. The number of aromatic nitrogens is 2. The van der Waals surface area contributed by atoms with Gasteiger partial charge in [-0.25, -0.2) is 9.97 Å². The summed E-state index contributed by atoms with van der Waals surface area (Å²) >= 11 is 0. The lowest BCUT2D eigenvalue weighted by molar-refractivity contribution is 0.232. The Morgan fingerprint density at radius 1 is 1.29 bits per heavy atom. The molecule has 2 heterocycles. The van der Waals surface area contributed by atoms with E-state index in [9.17, 15) is 0 Å². The van der Waals surface area contributed by atoms with Crippen LogP contribution in [-0.2, 0) is 13.0 Å². The van der Waals surface area contributed by atoms with Crippen LogP contribution >= 0.6 is 0 Å². The van der Waals surface area contributed by atoms with E-state index in [1.165, 1.54) is 17.5 Å². The Morgan fingerprint density at radius 2 is 2.19 bits per heavy atom. The average molecular weight is 284 g/mol. The first-order chi connectivity index (χ1) is 10.2. The molecule has 0 atom stereocenters. The summed E-state index contributed by atoms with van der Waals surface area (Å²) in [6.45, 7) is 5.90. The third-order valence-electron chi connectivity index (χ3n) is 3.40. The second-order valence-electron chi connectivity index (χ2n) is 5.40. The van der Waals surface area contributed by atoms with E-state index in [1.54, 1.807) is 0 Å². The summed E-state index contributed by atoms with van der Waals surface area (Å²) in [4.78, 5) is 8.40. The molecule has 1 aromatic carbocycles. The summed E-state index contributed by atoms with van der Waals surface area (Å²) in [5, 5.41) is 6.78. The average Bonchev–Trinajstić information content (AvgIpc) is 2.47. The predicted molar refractivity (Wildman–Crippen MR) is 82.9 cm³/mol. The zero-order valence-corrected chi connectivity index (χ0v) is 12.4. The number of benzene rings is 1. The summed E-state index contributed by atoms with van der Waals surface area (Å²) in [6.07, 6.45) is 2.65. The Kier molecular flexibility index (Phi) is 4.01. The third-order valence-corrected chi connectivity index (χ3v) is 3.40. The molecule has 110 valence electrons. The SMILES string of the molecule is CC(C)Oc1cc(Nc2cccc3c2CCNC3)ncn1. The van der Waals surface area contributed by atoms with Crippen molar-refractivity contribution in [3.63, 3.8) is 0 Å². The molecule has 1 aliphatic heterocycles. The number of nitrogens with zero attached hydrogens (tertiary/aromatic N) is 2. The molecule has 0 bridgehead atoms. The molecule has 0 radical (unpaired) electrons. The fourth-order valence-corrected chi connectivity index (χ4v) is 2.50. The first-order valence-electron chi connectivity index (χ1n) is 7.29. The molecule has 0 fully saturated rings. The summed E-state index contributed by atoms with van der Waals surface area (Å²) in [7, 11) is 0. The van der Waals surface area contributed by atoms with Crippen LogP contribution in [0.1, 0.15) is 25.0 Å². The number of rotatable bonds is 4. The number of hydrogen-bond acceptors (Lipinski definition) is 5. The fourth-order valence-electron chi connectivity index (χ4n) is 2.50. The minimum atomic E-state index is 0.100. The highest BCUT2D eigenvalue weighted by atomic mass is 16.5. The highest BCUT2D eigenvalue weighted by Gasteiger charge is 2.13. The van der Waals surface area contributed by atoms with Gasteiger partial charge in [0.15, 0.2) is 0 Å². The van der Waals surface area contributed by atoms with Gasteiger partial charge in [0.2, 0.25) is 5.88 Å². The van der Waals surface area contributed by atoms with Crippen molar-refractivity contribution in [2.24, 2.45) is 0 Å². The summed E-state index contributed by atoms with van der Waals surface area (Å²) in [6, 6.07) is 8.16. The van der Waals surface area contributed by atoms with Crippen LogP contribution in [0.15, 0.2) is 30.6 Å². The van der Waals surface area contributed by atoms with E-state index < -0.39 is 0 Å². The zero-order valence-electron chi connectivity index (χ0n) is 12.4. The fraction of sp³-hybridized carbons (Fsp3) is 0.375. The number of nitrogens with one attached hydrogen (secondary N) is 2. The van der Waals surface area contributed by atoms with Gasteiger partial charge in [0.05, 0.1) is 6.10 Å². The van der Waals surface area contributed by atoms with Crippen LogP contribution < -0.4 is 15.4 Å². The topological polar surface area (TPSA) is 59.1 Å². The summed E-state index contributed by atoms with van der Waals surface area (Å²) in [5.41, 5.74) is 3.82. The monoisotopic (exact) mass is 284 g/mol. The van der Waals surface area contributed by atoms with Crippen LogP contribution in [0.4, 0.5) is 11.5 Å². The summed E-state index contributed by atoms with van der Waals surface area (Å²) < 4.78 is 5.60. The van der Waals surface area contributed by atoms with E-state index in [2.05, 4.69) is 38.8 Å². The van der Waals surface area contributed by atoms with Crippen LogP contribution in [0.2, 0.25) is 0 Å². The van der Waals surface area contributed by atoms with E-state index >= 15 is 0 Å². The standard InChI is InChI=1S/C16H20N4O/c1-11(2)21-16-8-15(18-10-19-16)20-14-5-3-4-12-9-17-7-6-13(12)14/h3-5,8,10-11,17H,6-7,9H2,1-2H3,(H,18,19,20). The maximum Gasteiger partial charge on any atom is 0.218 e. The normalized spacial score (nSPS) is 13.9. The lowest BCUT2D eigenvalue weighted by atomic mass is 9.99. The predicted octanol–water partition coefficient (Wildman–Crippen LogP) is 2.65. The molecular weight excluding hydrogens is 264 g/mol. The largest absolute Gasteiger partial charge is 0.475 e. The van der Waals surface area contributed by atoms with E-state index in [0.29, 0.717) is 5.88 Å². The van der Waals surface area contributed by atoms with Gasteiger partial charge in [0.1, 0.15) is 12.1 Å². The molecule has 21 heavy (non-hydrogen) atoms. The Balaban J connectivity index is 1.84. The molecule has 5 heteroatoms. The molecule has 1 aromatic heterocycles. The van der Waals surface area contributed by atoms with Crippen molar-refractivity contribution < 1.29 is 4.74 Å². The van der Waals surface area contributed by atoms with Crippen molar-refractivity contribution in [3.8, 4) is 5.88 Å². The van der Waals surface area contributed by atoms with Crippen LogP contribution in [0.5, 0.6) is 5.88 Å². The molecule has 0 spiro atoms. The zero-order chi connectivity index (χ0) is 14.7. The third kappa shape index (κ3) is 3.31. The van der Waals surface area contributed by atoms with E-state index in [-0.39, 0.29) is 6.10 Å². The van der Waals surface area contributed by atoms with Crippen LogP contribution in [-0.4, -0.2) is 22.6 Å². The smallest absolute Gasteiger partial charge is 0.218 e. The maximum absolute atomic E-state index is 5.60. The van der Waals surface area contributed by atoms with Crippen molar-refractivity contribution in [1.82, 2.24) is 15.3 Å². The van der Waals surface area contributed by atoms with E-state index in [1.807, 2.05) is 19.9 Å². The van der Waals surface area contributed by atoms with Gasteiger partial charge >= 0.3 is 0 Å². The van der Waals surface area contributed by atoms with Crippen LogP contribution in [0.3, 0.4) is 0 Å². The highest BCUT2D eigenvalue weighted by Crippen LogP contribution is 2.26. The second kappa shape index (κ2) is 6.10. The molecule has 5 nitrogen and oxygen atoms in total. The molecule has 0 amide bonds.